The fraction of sp³-hybridized carbons (Fsp3) is 0.250. The molecule has 0 aromatic heterocycles. The third kappa shape index (κ3) is 2.23. The Kier molecular flexibility index (Phi) is 3.12. The van der Waals surface area contributed by atoms with Crippen molar-refractivity contribution in [2.45, 2.75) is 26.2 Å². The van der Waals surface area contributed by atoms with Crippen molar-refractivity contribution in [2.24, 2.45) is 0 Å². The van der Waals surface area contributed by atoms with Gasteiger partial charge in [-0.25, -0.2) is 4.39 Å². The van der Waals surface area contributed by atoms with Gasteiger partial charge in [0.05, 0.1) is 0 Å². The van der Waals surface area contributed by atoms with Crippen LogP contribution in [0.3, 0.4) is 0 Å². The van der Waals surface area contributed by atoms with Crippen LogP contribution in [0.1, 0.15) is 30.5 Å². The van der Waals surface area contributed by atoms with E-state index in [0.29, 0.717) is 0 Å². The maximum Gasteiger partial charge on any atom is 0.123 e. The van der Waals surface area contributed by atoms with Crippen molar-refractivity contribution >= 4 is 0 Å². The van der Waals surface area contributed by atoms with Gasteiger partial charge in [-0.2, -0.15) is 0 Å². The average molecular weight is 244 g/mol. The summed E-state index contributed by atoms with van der Waals surface area (Å²) in [6.45, 7) is 6.03. The normalized spacial score (nSPS) is 11.6. The van der Waals surface area contributed by atoms with E-state index in [4.69, 9.17) is 0 Å². The second-order valence-corrected chi connectivity index (χ2v) is 5.15. The van der Waals surface area contributed by atoms with Gasteiger partial charge >= 0.3 is 0 Å². The van der Waals surface area contributed by atoms with Gasteiger partial charge in [-0.15, -0.1) is 0 Å². The summed E-state index contributed by atoms with van der Waals surface area (Å²) >= 11 is 0. The van der Waals surface area contributed by atoms with Crippen molar-refractivity contribution in [3.05, 3.63) is 65.0 Å². The molecule has 1 nitrogen and oxygen atoms in total. The lowest BCUT2D eigenvalue weighted by molar-refractivity contribution is 0.453. The summed E-state index contributed by atoms with van der Waals surface area (Å²) in [6.07, 6.45) is 0. The number of hydrogen-bond acceptors (Lipinski definition) is 1. The summed E-state index contributed by atoms with van der Waals surface area (Å²) in [6, 6.07) is 12.0. The van der Waals surface area contributed by atoms with Crippen LogP contribution in [0.4, 0.5) is 4.39 Å². The highest BCUT2D eigenvalue weighted by atomic mass is 19.1. The molecule has 0 aliphatic carbocycles. The van der Waals surface area contributed by atoms with Crippen LogP contribution in [-0.4, -0.2) is 5.11 Å². The number of aromatic hydroxyl groups is 1. The highest BCUT2D eigenvalue weighted by Gasteiger charge is 2.26. The van der Waals surface area contributed by atoms with E-state index < -0.39 is 0 Å². The molecule has 0 saturated carbocycles. The Labute approximate surface area is 107 Å². The van der Waals surface area contributed by atoms with E-state index in [1.807, 2.05) is 32.9 Å². The number of aryl methyl sites for hydroxylation is 1. The first-order chi connectivity index (χ1) is 8.41. The van der Waals surface area contributed by atoms with Crippen LogP contribution in [0.15, 0.2) is 42.5 Å². The van der Waals surface area contributed by atoms with Gasteiger partial charge in [-0.3, -0.25) is 0 Å². The van der Waals surface area contributed by atoms with Gasteiger partial charge < -0.3 is 5.11 Å². The predicted octanol–water partition coefficient (Wildman–Crippen LogP) is 4.17. The zero-order valence-electron chi connectivity index (χ0n) is 10.9. The quantitative estimate of drug-likeness (QED) is 0.840. The fourth-order valence-corrected chi connectivity index (χ4v) is 2.17. The van der Waals surface area contributed by atoms with E-state index in [0.717, 1.165) is 16.7 Å². The van der Waals surface area contributed by atoms with Crippen LogP contribution in [0, 0.1) is 12.7 Å². The van der Waals surface area contributed by atoms with E-state index in [1.165, 1.54) is 12.1 Å². The summed E-state index contributed by atoms with van der Waals surface area (Å²) in [5.74, 6) is 0.0259. The number of halogens is 1. The molecule has 0 atom stereocenters. The highest BCUT2D eigenvalue weighted by molar-refractivity contribution is 5.46. The lowest BCUT2D eigenvalue weighted by Crippen LogP contribution is -2.19. The SMILES string of the molecule is Cc1ccc(O)c(C(C)(C)c2ccc(F)cc2)c1. The van der Waals surface area contributed by atoms with Crippen LogP contribution in [0.5, 0.6) is 5.75 Å². The lowest BCUT2D eigenvalue weighted by Gasteiger charge is -2.27. The van der Waals surface area contributed by atoms with Crippen LogP contribution >= 0.6 is 0 Å². The van der Waals surface area contributed by atoms with Gasteiger partial charge in [0.15, 0.2) is 0 Å². The van der Waals surface area contributed by atoms with Gasteiger partial charge in [0.25, 0.3) is 0 Å². The molecule has 0 aliphatic heterocycles. The molecule has 0 bridgehead atoms. The minimum absolute atomic E-state index is 0.247. The standard InChI is InChI=1S/C16H17FO/c1-11-4-9-15(18)14(10-11)16(2,3)12-5-7-13(17)8-6-12/h4-10,18H,1-3H3. The summed E-state index contributed by atoms with van der Waals surface area (Å²) in [4.78, 5) is 0. The summed E-state index contributed by atoms with van der Waals surface area (Å²) in [7, 11) is 0. The fourth-order valence-electron chi connectivity index (χ4n) is 2.17. The molecule has 2 aromatic carbocycles. The van der Waals surface area contributed by atoms with E-state index in [9.17, 15) is 9.50 Å². The van der Waals surface area contributed by atoms with Gasteiger partial charge in [0, 0.05) is 11.0 Å². The molecule has 0 unspecified atom stereocenters. The topological polar surface area (TPSA) is 20.2 Å². The molecule has 94 valence electrons. The molecular formula is C16H17FO. The van der Waals surface area contributed by atoms with Crippen LogP contribution in [0.2, 0.25) is 0 Å². The first kappa shape index (κ1) is 12.6. The Morgan fingerprint density at radius 1 is 1.00 bits per heavy atom. The number of rotatable bonds is 2. The summed E-state index contributed by atoms with van der Waals surface area (Å²) < 4.78 is 13.0. The first-order valence-corrected chi connectivity index (χ1v) is 5.97. The molecule has 0 saturated heterocycles. The van der Waals surface area contributed by atoms with E-state index in [2.05, 4.69) is 0 Å². The molecule has 0 radical (unpaired) electrons. The Balaban J connectivity index is 2.53. The molecule has 0 amide bonds. The first-order valence-electron chi connectivity index (χ1n) is 5.97. The van der Waals surface area contributed by atoms with E-state index >= 15 is 0 Å². The molecular weight excluding hydrogens is 227 g/mol. The minimum atomic E-state index is -0.357. The third-order valence-electron chi connectivity index (χ3n) is 3.39. The molecule has 2 heteroatoms. The molecule has 2 aromatic rings. The average Bonchev–Trinajstić information content (AvgIpc) is 2.32. The molecule has 1 N–H and O–H groups in total. The Hall–Kier alpha value is -1.83. The minimum Gasteiger partial charge on any atom is -0.508 e. The molecule has 0 aliphatic rings. The molecule has 18 heavy (non-hydrogen) atoms. The molecule has 0 fully saturated rings. The third-order valence-corrected chi connectivity index (χ3v) is 3.39. The molecule has 2 rings (SSSR count). The van der Waals surface area contributed by atoms with Crippen molar-refractivity contribution in [1.29, 1.82) is 0 Å². The zero-order chi connectivity index (χ0) is 13.3. The lowest BCUT2D eigenvalue weighted by atomic mass is 9.77. The number of benzene rings is 2. The van der Waals surface area contributed by atoms with Gasteiger partial charge in [-0.05, 0) is 30.7 Å². The Morgan fingerprint density at radius 3 is 2.22 bits per heavy atom. The van der Waals surface area contributed by atoms with Crippen molar-refractivity contribution in [3.8, 4) is 5.75 Å². The van der Waals surface area contributed by atoms with Crippen LogP contribution < -0.4 is 0 Å². The predicted molar refractivity (Wildman–Crippen MR) is 71.4 cm³/mol. The smallest absolute Gasteiger partial charge is 0.123 e. The second kappa shape index (κ2) is 4.45. The largest absolute Gasteiger partial charge is 0.508 e. The zero-order valence-corrected chi connectivity index (χ0v) is 10.9. The van der Waals surface area contributed by atoms with Crippen molar-refractivity contribution in [2.75, 3.05) is 0 Å². The number of hydrogen-bond donors (Lipinski definition) is 1. The van der Waals surface area contributed by atoms with Crippen molar-refractivity contribution in [3.63, 3.8) is 0 Å². The van der Waals surface area contributed by atoms with Gasteiger partial charge in [-0.1, -0.05) is 43.7 Å². The Morgan fingerprint density at radius 2 is 1.61 bits per heavy atom. The van der Waals surface area contributed by atoms with Gasteiger partial charge in [0.1, 0.15) is 11.6 Å². The monoisotopic (exact) mass is 244 g/mol. The van der Waals surface area contributed by atoms with Crippen molar-refractivity contribution < 1.29 is 9.50 Å². The molecule has 0 spiro atoms. The molecule has 0 heterocycles. The maximum absolute atomic E-state index is 13.0. The summed E-state index contributed by atoms with van der Waals surface area (Å²) in [5, 5.41) is 10.0. The number of phenolic OH excluding ortho intramolecular Hbond substituents is 1. The van der Waals surface area contributed by atoms with E-state index in [-0.39, 0.29) is 17.0 Å². The van der Waals surface area contributed by atoms with Crippen LogP contribution in [0.25, 0.3) is 0 Å². The van der Waals surface area contributed by atoms with Gasteiger partial charge in [0.2, 0.25) is 0 Å². The maximum atomic E-state index is 13.0. The second-order valence-electron chi connectivity index (χ2n) is 5.15. The summed E-state index contributed by atoms with van der Waals surface area (Å²) in [5.41, 5.74) is 2.57. The van der Waals surface area contributed by atoms with Crippen LogP contribution in [-0.2, 0) is 5.41 Å². The van der Waals surface area contributed by atoms with Crippen molar-refractivity contribution in [1.82, 2.24) is 0 Å². The Bertz CT molecular complexity index is 556. The van der Waals surface area contributed by atoms with E-state index in [1.54, 1.807) is 18.2 Å². The number of phenols is 1. The highest BCUT2D eigenvalue weighted by Crippen LogP contribution is 2.37.